The van der Waals surface area contributed by atoms with Crippen LogP contribution in [0.5, 0.6) is 11.5 Å². The predicted octanol–water partition coefficient (Wildman–Crippen LogP) is 4.17. The summed E-state index contributed by atoms with van der Waals surface area (Å²) < 4.78 is 11.7. The quantitative estimate of drug-likeness (QED) is 0.575. The zero-order valence-corrected chi connectivity index (χ0v) is 16.9. The summed E-state index contributed by atoms with van der Waals surface area (Å²) in [4.78, 5) is 30.0. The molecular weight excluding hydrogens is 424 g/mol. The topological polar surface area (TPSA) is 68.2 Å². The van der Waals surface area contributed by atoms with Crippen molar-refractivity contribution in [2.24, 2.45) is 4.99 Å². The number of amides is 3. The molecule has 2 aromatic carbocycles. The van der Waals surface area contributed by atoms with E-state index >= 15 is 0 Å². The van der Waals surface area contributed by atoms with E-state index in [0.717, 1.165) is 16.0 Å². The van der Waals surface area contributed by atoms with Gasteiger partial charge < -0.3 is 9.47 Å². The number of carbonyl (C=O) groups excluding carboxylic acids is 2. The number of ether oxygens (including phenoxy) is 2. The van der Waals surface area contributed by atoms with Crippen LogP contribution in [0.15, 0.2) is 64.6 Å². The van der Waals surface area contributed by atoms with Gasteiger partial charge in [-0.15, -0.1) is 0 Å². The molecule has 0 unspecified atom stereocenters. The minimum atomic E-state index is -0.541. The molecule has 0 aliphatic carbocycles. The summed E-state index contributed by atoms with van der Waals surface area (Å²) in [5.41, 5.74) is 1.85. The summed E-state index contributed by atoms with van der Waals surface area (Å²) >= 11 is 3.46. The van der Waals surface area contributed by atoms with E-state index in [1.165, 1.54) is 7.11 Å². The van der Waals surface area contributed by atoms with Crippen molar-refractivity contribution in [3.05, 3.63) is 70.7 Å². The zero-order valence-electron chi connectivity index (χ0n) is 15.4. The average molecular weight is 443 g/mol. The highest BCUT2D eigenvalue weighted by molar-refractivity contribution is 9.10. The number of aliphatic imine (C=N–C) groups is 1. The van der Waals surface area contributed by atoms with Crippen LogP contribution < -0.4 is 9.47 Å². The lowest BCUT2D eigenvalue weighted by Gasteiger charge is -2.14. The second-order valence-electron chi connectivity index (χ2n) is 6.10. The first-order chi connectivity index (χ1) is 13.5. The van der Waals surface area contributed by atoms with Crippen molar-refractivity contribution in [2.75, 3.05) is 13.7 Å². The van der Waals surface area contributed by atoms with E-state index in [2.05, 4.69) is 27.5 Å². The molecule has 2 aromatic rings. The highest BCUT2D eigenvalue weighted by Gasteiger charge is 2.33. The van der Waals surface area contributed by atoms with Crippen LogP contribution in [0.1, 0.15) is 11.1 Å². The molecule has 0 saturated heterocycles. The first-order valence-electron chi connectivity index (χ1n) is 8.61. The average Bonchev–Trinajstić information content (AvgIpc) is 2.95. The molecule has 3 rings (SSSR count). The summed E-state index contributed by atoms with van der Waals surface area (Å²) in [6, 6.07) is 12.4. The number of carbonyl (C=O) groups is 2. The Kier molecular flexibility index (Phi) is 6.26. The van der Waals surface area contributed by atoms with E-state index < -0.39 is 6.03 Å². The molecule has 0 atom stereocenters. The Hall–Kier alpha value is -2.93. The second kappa shape index (κ2) is 8.84. The molecule has 6 nitrogen and oxygen atoms in total. The fourth-order valence-corrected chi connectivity index (χ4v) is 3.44. The van der Waals surface area contributed by atoms with E-state index in [1.54, 1.807) is 12.1 Å². The van der Waals surface area contributed by atoms with Gasteiger partial charge in [-0.2, -0.15) is 4.99 Å². The Bertz CT molecular complexity index is 941. The molecule has 0 saturated carbocycles. The Labute approximate surface area is 171 Å². The van der Waals surface area contributed by atoms with Gasteiger partial charge in [0.25, 0.3) is 5.91 Å². The minimum Gasteiger partial charge on any atom is -0.493 e. The number of benzene rings is 2. The van der Waals surface area contributed by atoms with Crippen molar-refractivity contribution >= 4 is 33.6 Å². The molecular formula is C21H19BrN2O4. The van der Waals surface area contributed by atoms with E-state index in [1.807, 2.05) is 36.4 Å². The molecule has 0 radical (unpaired) electrons. The molecule has 0 aromatic heterocycles. The number of methoxy groups -OCH3 is 1. The van der Waals surface area contributed by atoms with Crippen LogP contribution in [0.25, 0.3) is 0 Å². The van der Waals surface area contributed by atoms with Gasteiger partial charge in [-0.1, -0.05) is 43.0 Å². The van der Waals surface area contributed by atoms with Crippen molar-refractivity contribution in [2.45, 2.75) is 13.0 Å². The first-order valence-corrected chi connectivity index (χ1v) is 9.40. The van der Waals surface area contributed by atoms with Crippen molar-refractivity contribution in [1.29, 1.82) is 0 Å². The fraction of sp³-hybridized carbons (Fsp3) is 0.190. The maximum Gasteiger partial charge on any atom is 0.351 e. The molecule has 1 heterocycles. The normalized spacial score (nSPS) is 13.5. The Morgan fingerprint density at radius 3 is 2.61 bits per heavy atom. The van der Waals surface area contributed by atoms with Crippen LogP contribution in [0.4, 0.5) is 4.79 Å². The molecule has 0 fully saturated rings. The van der Waals surface area contributed by atoms with Gasteiger partial charge in [0.1, 0.15) is 12.3 Å². The highest BCUT2D eigenvalue weighted by Crippen LogP contribution is 2.37. The number of rotatable bonds is 8. The largest absolute Gasteiger partial charge is 0.493 e. The van der Waals surface area contributed by atoms with E-state index in [9.17, 15) is 9.59 Å². The van der Waals surface area contributed by atoms with Crippen molar-refractivity contribution < 1.29 is 19.1 Å². The summed E-state index contributed by atoms with van der Waals surface area (Å²) in [6.45, 7) is 4.17. The molecule has 1 aliphatic heterocycles. The van der Waals surface area contributed by atoms with Gasteiger partial charge in [-0.3, -0.25) is 9.69 Å². The lowest BCUT2D eigenvalue weighted by atomic mass is 10.1. The summed E-state index contributed by atoms with van der Waals surface area (Å²) in [7, 11) is 1.54. The SMILES string of the molecule is C=CCOc1c(Br)cc(CC2=NC(=O)N(Cc3ccccc3)C2=O)cc1OC. The molecule has 0 N–H and O–H groups in total. The molecule has 7 heteroatoms. The van der Waals surface area contributed by atoms with Crippen LogP contribution in [0.2, 0.25) is 0 Å². The molecule has 144 valence electrons. The summed E-state index contributed by atoms with van der Waals surface area (Å²) in [5.74, 6) is 0.688. The number of urea groups is 1. The number of halogens is 1. The van der Waals surface area contributed by atoms with Gasteiger partial charge in [0.05, 0.1) is 18.1 Å². The zero-order chi connectivity index (χ0) is 20.1. The molecule has 1 aliphatic rings. The van der Waals surface area contributed by atoms with Gasteiger partial charge in [-0.25, -0.2) is 4.79 Å². The van der Waals surface area contributed by atoms with E-state index in [4.69, 9.17) is 9.47 Å². The third kappa shape index (κ3) is 4.31. The van der Waals surface area contributed by atoms with Crippen LogP contribution in [-0.4, -0.2) is 36.3 Å². The standard InChI is InChI=1S/C21H19BrN2O4/c1-3-9-28-19-16(22)10-15(12-18(19)27-2)11-17-20(25)24(21(26)23-17)13-14-7-5-4-6-8-14/h3-8,10,12H,1,9,11,13H2,2H3. The number of nitrogens with zero attached hydrogens (tertiary/aromatic N) is 2. The Balaban J connectivity index is 1.77. The fourth-order valence-electron chi connectivity index (χ4n) is 2.84. The van der Waals surface area contributed by atoms with Gasteiger partial charge in [0, 0.05) is 6.42 Å². The lowest BCUT2D eigenvalue weighted by molar-refractivity contribution is -0.121. The maximum absolute atomic E-state index is 12.7. The van der Waals surface area contributed by atoms with Crippen molar-refractivity contribution in [3.8, 4) is 11.5 Å². The molecule has 0 bridgehead atoms. The van der Waals surface area contributed by atoms with Crippen molar-refractivity contribution in [3.63, 3.8) is 0 Å². The molecule has 0 spiro atoms. The lowest BCUT2D eigenvalue weighted by Crippen LogP contribution is -2.32. The van der Waals surface area contributed by atoms with Gasteiger partial charge >= 0.3 is 6.03 Å². The van der Waals surface area contributed by atoms with Gasteiger partial charge in [0.2, 0.25) is 0 Å². The maximum atomic E-state index is 12.7. The third-order valence-electron chi connectivity index (χ3n) is 4.14. The van der Waals surface area contributed by atoms with Crippen LogP contribution in [0.3, 0.4) is 0 Å². The third-order valence-corrected chi connectivity index (χ3v) is 4.73. The van der Waals surface area contributed by atoms with Crippen LogP contribution in [-0.2, 0) is 17.8 Å². The number of imide groups is 1. The van der Waals surface area contributed by atoms with E-state index in [-0.39, 0.29) is 24.6 Å². The summed E-state index contributed by atoms with van der Waals surface area (Å²) in [5, 5.41) is 0. The van der Waals surface area contributed by atoms with Crippen LogP contribution in [0, 0.1) is 0 Å². The van der Waals surface area contributed by atoms with E-state index in [0.29, 0.717) is 22.6 Å². The summed E-state index contributed by atoms with van der Waals surface area (Å²) in [6.07, 6.45) is 1.85. The van der Waals surface area contributed by atoms with Gasteiger partial charge in [-0.05, 0) is 39.2 Å². The Morgan fingerprint density at radius 2 is 1.93 bits per heavy atom. The minimum absolute atomic E-state index is 0.201. The van der Waals surface area contributed by atoms with Gasteiger partial charge in [0.15, 0.2) is 11.5 Å². The predicted molar refractivity (Wildman–Crippen MR) is 110 cm³/mol. The van der Waals surface area contributed by atoms with Crippen molar-refractivity contribution in [1.82, 2.24) is 4.90 Å². The monoisotopic (exact) mass is 442 g/mol. The number of hydrogen-bond acceptors (Lipinski definition) is 4. The molecule has 3 amide bonds. The Morgan fingerprint density at radius 1 is 1.18 bits per heavy atom. The van der Waals surface area contributed by atoms with Crippen LogP contribution >= 0.6 is 15.9 Å². The smallest absolute Gasteiger partial charge is 0.351 e. The second-order valence-corrected chi connectivity index (χ2v) is 6.96. The highest BCUT2D eigenvalue weighted by atomic mass is 79.9. The molecule has 28 heavy (non-hydrogen) atoms. The number of hydrogen-bond donors (Lipinski definition) is 0. The first kappa shape index (κ1) is 19.8.